The highest BCUT2D eigenvalue weighted by molar-refractivity contribution is 5.83. The summed E-state index contributed by atoms with van der Waals surface area (Å²) in [6.45, 7) is 5.97. The Bertz CT molecular complexity index is 227. The van der Waals surface area contributed by atoms with Crippen molar-refractivity contribution in [2.24, 2.45) is 5.41 Å². The van der Waals surface area contributed by atoms with Crippen LogP contribution in [0.2, 0.25) is 0 Å². The first-order valence-corrected chi connectivity index (χ1v) is 5.08. The van der Waals surface area contributed by atoms with Crippen LogP contribution in [-0.4, -0.2) is 24.5 Å². The normalized spacial score (nSPS) is 35.8. The summed E-state index contributed by atoms with van der Waals surface area (Å²) in [4.78, 5) is 11.9. The molecule has 1 saturated heterocycles. The maximum atomic E-state index is 11.9. The van der Waals surface area contributed by atoms with Crippen molar-refractivity contribution in [1.29, 1.82) is 0 Å². The van der Waals surface area contributed by atoms with Gasteiger partial charge in [-0.05, 0) is 39.7 Å². The Morgan fingerprint density at radius 1 is 1.31 bits per heavy atom. The molecule has 1 aliphatic carbocycles. The van der Waals surface area contributed by atoms with E-state index in [1.165, 1.54) is 0 Å². The molecule has 74 valence electrons. The molecule has 0 aromatic rings. The summed E-state index contributed by atoms with van der Waals surface area (Å²) in [7, 11) is 0. The van der Waals surface area contributed by atoms with E-state index in [4.69, 9.17) is 0 Å². The molecule has 2 rings (SSSR count). The monoisotopic (exact) mass is 182 g/mol. The summed E-state index contributed by atoms with van der Waals surface area (Å²) in [5, 5.41) is 6.37. The van der Waals surface area contributed by atoms with Crippen molar-refractivity contribution in [1.82, 2.24) is 10.6 Å². The fourth-order valence-electron chi connectivity index (χ4n) is 1.75. The average molecular weight is 182 g/mol. The third-order valence-electron chi connectivity index (χ3n) is 3.33. The average Bonchev–Trinajstić information content (AvgIpc) is 2.63. The van der Waals surface area contributed by atoms with E-state index in [0.717, 1.165) is 32.4 Å². The van der Waals surface area contributed by atoms with Crippen LogP contribution in [0.4, 0.5) is 0 Å². The third kappa shape index (κ3) is 1.70. The Kier molecular flexibility index (Phi) is 1.88. The second-order valence-corrected chi connectivity index (χ2v) is 5.00. The first kappa shape index (κ1) is 9.00. The number of hydrogen-bond donors (Lipinski definition) is 2. The minimum atomic E-state index is -0.161. The van der Waals surface area contributed by atoms with Crippen LogP contribution in [-0.2, 0) is 4.79 Å². The van der Waals surface area contributed by atoms with Crippen molar-refractivity contribution < 1.29 is 4.79 Å². The molecule has 1 atom stereocenters. The smallest absolute Gasteiger partial charge is 0.227 e. The summed E-state index contributed by atoms with van der Waals surface area (Å²) in [5.74, 6) is 0.234. The summed E-state index contributed by atoms with van der Waals surface area (Å²) in [6, 6.07) is 0. The van der Waals surface area contributed by atoms with Crippen LogP contribution in [0, 0.1) is 5.41 Å². The molecule has 1 saturated carbocycles. The number of amides is 1. The number of rotatable bonds is 2. The van der Waals surface area contributed by atoms with E-state index in [1.54, 1.807) is 0 Å². The molecule has 2 fully saturated rings. The van der Waals surface area contributed by atoms with Crippen molar-refractivity contribution in [3.05, 3.63) is 0 Å². The predicted molar refractivity (Wildman–Crippen MR) is 51.4 cm³/mol. The summed E-state index contributed by atoms with van der Waals surface area (Å²) in [6.07, 6.45) is 3.25. The standard InChI is InChI=1S/C10H18N2O/c1-9(5-6-11-7-9)8(13)12-10(2)3-4-10/h11H,3-7H2,1-2H3,(H,12,13). The van der Waals surface area contributed by atoms with E-state index < -0.39 is 0 Å². The van der Waals surface area contributed by atoms with Crippen molar-refractivity contribution in [3.63, 3.8) is 0 Å². The van der Waals surface area contributed by atoms with Gasteiger partial charge in [0.15, 0.2) is 0 Å². The molecule has 1 amide bonds. The second kappa shape index (κ2) is 2.71. The van der Waals surface area contributed by atoms with Gasteiger partial charge in [-0.3, -0.25) is 4.79 Å². The Labute approximate surface area is 79.3 Å². The molecule has 1 unspecified atom stereocenters. The third-order valence-corrected chi connectivity index (χ3v) is 3.33. The zero-order chi connectivity index (χ0) is 9.53. The Morgan fingerprint density at radius 3 is 2.46 bits per heavy atom. The fourth-order valence-corrected chi connectivity index (χ4v) is 1.75. The van der Waals surface area contributed by atoms with Gasteiger partial charge in [0.25, 0.3) is 0 Å². The Morgan fingerprint density at radius 2 is 2.00 bits per heavy atom. The lowest BCUT2D eigenvalue weighted by Gasteiger charge is -2.24. The zero-order valence-electron chi connectivity index (χ0n) is 8.44. The molecule has 1 heterocycles. The quantitative estimate of drug-likeness (QED) is 0.658. The van der Waals surface area contributed by atoms with Crippen LogP contribution in [0.1, 0.15) is 33.1 Å². The van der Waals surface area contributed by atoms with Crippen molar-refractivity contribution >= 4 is 5.91 Å². The molecule has 3 heteroatoms. The van der Waals surface area contributed by atoms with Gasteiger partial charge in [-0.2, -0.15) is 0 Å². The number of hydrogen-bond acceptors (Lipinski definition) is 2. The number of carbonyl (C=O) groups is 1. The second-order valence-electron chi connectivity index (χ2n) is 5.00. The molecule has 0 aromatic carbocycles. The largest absolute Gasteiger partial charge is 0.350 e. The van der Waals surface area contributed by atoms with Gasteiger partial charge in [0, 0.05) is 12.1 Å². The maximum Gasteiger partial charge on any atom is 0.227 e. The minimum Gasteiger partial charge on any atom is -0.350 e. The summed E-state index contributed by atoms with van der Waals surface area (Å²) < 4.78 is 0. The van der Waals surface area contributed by atoms with Crippen LogP contribution < -0.4 is 10.6 Å². The predicted octanol–water partition coefficient (Wildman–Crippen LogP) is 0.655. The molecule has 0 spiro atoms. The molecule has 2 aliphatic rings. The van der Waals surface area contributed by atoms with Gasteiger partial charge in [0.1, 0.15) is 0 Å². The molecular formula is C10H18N2O. The molecular weight excluding hydrogens is 164 g/mol. The van der Waals surface area contributed by atoms with Gasteiger partial charge < -0.3 is 10.6 Å². The number of nitrogens with one attached hydrogen (secondary N) is 2. The Balaban J connectivity index is 1.95. The molecule has 0 bridgehead atoms. The lowest BCUT2D eigenvalue weighted by atomic mass is 9.88. The minimum absolute atomic E-state index is 0.128. The van der Waals surface area contributed by atoms with Crippen LogP contribution >= 0.6 is 0 Å². The van der Waals surface area contributed by atoms with Crippen LogP contribution in [0.5, 0.6) is 0 Å². The molecule has 13 heavy (non-hydrogen) atoms. The van der Waals surface area contributed by atoms with E-state index >= 15 is 0 Å². The SMILES string of the molecule is CC1(NC(=O)C2(C)CCNC2)CC1. The van der Waals surface area contributed by atoms with E-state index in [9.17, 15) is 4.79 Å². The van der Waals surface area contributed by atoms with E-state index in [1.807, 2.05) is 6.92 Å². The molecule has 0 aromatic heterocycles. The molecule has 3 nitrogen and oxygen atoms in total. The first-order chi connectivity index (χ1) is 6.04. The highest BCUT2D eigenvalue weighted by atomic mass is 16.2. The van der Waals surface area contributed by atoms with E-state index in [-0.39, 0.29) is 16.9 Å². The van der Waals surface area contributed by atoms with Crippen molar-refractivity contribution in [2.75, 3.05) is 13.1 Å². The number of carbonyl (C=O) groups excluding carboxylic acids is 1. The van der Waals surface area contributed by atoms with Gasteiger partial charge in [-0.25, -0.2) is 0 Å². The van der Waals surface area contributed by atoms with Crippen molar-refractivity contribution in [2.45, 2.75) is 38.6 Å². The highest BCUT2D eigenvalue weighted by Gasteiger charge is 2.44. The summed E-state index contributed by atoms with van der Waals surface area (Å²) in [5.41, 5.74) is -0.0334. The van der Waals surface area contributed by atoms with Gasteiger partial charge in [-0.1, -0.05) is 0 Å². The molecule has 0 radical (unpaired) electrons. The van der Waals surface area contributed by atoms with Gasteiger partial charge in [0.2, 0.25) is 5.91 Å². The lowest BCUT2D eigenvalue weighted by molar-refractivity contribution is -0.130. The summed E-state index contributed by atoms with van der Waals surface area (Å²) >= 11 is 0. The Hall–Kier alpha value is -0.570. The molecule has 2 N–H and O–H groups in total. The molecule has 1 aliphatic heterocycles. The van der Waals surface area contributed by atoms with Gasteiger partial charge in [-0.15, -0.1) is 0 Å². The lowest BCUT2D eigenvalue weighted by Crippen LogP contribution is -2.45. The first-order valence-electron chi connectivity index (χ1n) is 5.08. The van der Waals surface area contributed by atoms with Crippen LogP contribution in [0.15, 0.2) is 0 Å². The van der Waals surface area contributed by atoms with E-state index in [2.05, 4.69) is 17.6 Å². The zero-order valence-corrected chi connectivity index (χ0v) is 8.44. The van der Waals surface area contributed by atoms with Gasteiger partial charge in [0.05, 0.1) is 5.41 Å². The van der Waals surface area contributed by atoms with Gasteiger partial charge >= 0.3 is 0 Å². The maximum absolute atomic E-state index is 11.9. The highest BCUT2D eigenvalue weighted by Crippen LogP contribution is 2.36. The van der Waals surface area contributed by atoms with Crippen LogP contribution in [0.3, 0.4) is 0 Å². The van der Waals surface area contributed by atoms with Crippen LogP contribution in [0.25, 0.3) is 0 Å². The topological polar surface area (TPSA) is 41.1 Å². The fraction of sp³-hybridized carbons (Fsp3) is 0.900. The van der Waals surface area contributed by atoms with E-state index in [0.29, 0.717) is 0 Å². The van der Waals surface area contributed by atoms with Crippen molar-refractivity contribution in [3.8, 4) is 0 Å².